The molecule has 3 heterocycles. The van der Waals surface area contributed by atoms with E-state index in [0.717, 1.165) is 139 Å². The molecule has 3 aliphatic rings. The number of hydrogen-bond donors (Lipinski definition) is 1. The zero-order chi connectivity index (χ0) is 84.8. The first kappa shape index (κ1) is 97.7. The van der Waals surface area contributed by atoms with Crippen LogP contribution in [0.3, 0.4) is 0 Å². The molecule has 642 valence electrons. The van der Waals surface area contributed by atoms with Gasteiger partial charge in [-0.15, -0.1) is 0 Å². The topological polar surface area (TPSA) is 89.6 Å². The number of fused-ring (bicyclic) bond motifs is 2. The van der Waals surface area contributed by atoms with Crippen molar-refractivity contribution >= 4 is 21.5 Å². The van der Waals surface area contributed by atoms with Crippen LogP contribution in [0.2, 0.25) is 0 Å². The van der Waals surface area contributed by atoms with E-state index in [4.69, 9.17) is 33.2 Å². The highest BCUT2D eigenvalue weighted by Gasteiger charge is 2.20. The zero-order valence-corrected chi connectivity index (χ0v) is 77.1. The van der Waals surface area contributed by atoms with E-state index in [0.29, 0.717) is 6.04 Å². The Hall–Kier alpha value is -7.16. The minimum absolute atomic E-state index is 0.186. The maximum Gasteiger partial charge on any atom is 0.120 e. The van der Waals surface area contributed by atoms with Crippen LogP contribution in [0.25, 0.3) is 21.5 Å². The second-order valence-electron chi connectivity index (χ2n) is 38.8. The molecule has 3 fully saturated rings. The van der Waals surface area contributed by atoms with Gasteiger partial charge in [-0.2, -0.15) is 0 Å². The summed E-state index contributed by atoms with van der Waals surface area (Å²) in [5.74, 6) is 5.85. The number of ether oxygens (including phenoxy) is 7. The Balaban J connectivity index is 0.000000217. The number of nitrogens with zero attached hydrogens (tertiary/aromatic N) is 4. The van der Waals surface area contributed by atoms with Crippen molar-refractivity contribution in [3.8, 4) is 34.5 Å². The fourth-order valence-electron chi connectivity index (χ4n) is 13.5. The molecule has 0 spiro atoms. The number of piperidine rings is 1. The molecule has 3 aliphatic heterocycles. The molecule has 8 aromatic rings. The Morgan fingerprint density at radius 3 is 0.922 bits per heavy atom. The van der Waals surface area contributed by atoms with Crippen LogP contribution in [0.1, 0.15) is 249 Å². The van der Waals surface area contributed by atoms with Gasteiger partial charge in [0, 0.05) is 45.9 Å². The number of benzene rings is 8. The fraction of sp³-hybridized carbons (Fsp3) is 0.577. The molecule has 0 saturated carbocycles. The van der Waals surface area contributed by atoms with Crippen LogP contribution < -0.4 is 33.7 Å². The summed E-state index contributed by atoms with van der Waals surface area (Å²) < 4.78 is 39.8. The molecule has 0 aliphatic carbocycles. The SMILES string of the molecule is CC(C)(C)c1ccc(OCCCN2CCC2)cc1.CC(C)(C)c1ccc(OCCCN2CCCC2)cc1.CC(C)(C)c1ccc(OCCN2CCCCC2)cc1.CC(C)NCCCOc1ccc(C(C)(C)C)cc1.CN(C)CCOc1ccc2cc(C(C)(C)C)ccc2c1.COCCCCCOc1ccc2cc(C(C)(C)C)ccc2c1. The first-order chi connectivity index (χ1) is 54.9. The highest BCUT2D eigenvalue weighted by Crippen LogP contribution is 2.33. The van der Waals surface area contributed by atoms with Crippen molar-refractivity contribution in [2.75, 3.05) is 139 Å². The number of rotatable bonds is 31. The van der Waals surface area contributed by atoms with Crippen LogP contribution in [-0.4, -0.2) is 165 Å². The lowest BCUT2D eigenvalue weighted by atomic mass is 9.86. The van der Waals surface area contributed by atoms with E-state index in [2.05, 4.69) is 347 Å². The molecule has 11 rings (SSSR count). The van der Waals surface area contributed by atoms with Crippen molar-refractivity contribution in [1.29, 1.82) is 0 Å². The maximum absolute atomic E-state index is 5.85. The Morgan fingerprint density at radius 1 is 0.293 bits per heavy atom. The van der Waals surface area contributed by atoms with Gasteiger partial charge in [-0.05, 0) is 291 Å². The third-order valence-corrected chi connectivity index (χ3v) is 21.5. The van der Waals surface area contributed by atoms with Gasteiger partial charge in [-0.25, -0.2) is 0 Å². The van der Waals surface area contributed by atoms with Gasteiger partial charge in [0.1, 0.15) is 47.7 Å². The highest BCUT2D eigenvalue weighted by atomic mass is 16.5. The van der Waals surface area contributed by atoms with Crippen molar-refractivity contribution in [2.45, 2.75) is 254 Å². The second-order valence-corrected chi connectivity index (χ2v) is 38.8. The summed E-state index contributed by atoms with van der Waals surface area (Å²) in [6, 6.07) is 60.7. The van der Waals surface area contributed by atoms with Crippen LogP contribution >= 0.6 is 0 Å². The molecule has 0 bridgehead atoms. The molecule has 0 aromatic heterocycles. The number of nitrogens with one attached hydrogen (secondary N) is 1. The summed E-state index contributed by atoms with van der Waals surface area (Å²) in [6.07, 6.45) is 14.8. The normalized spacial score (nSPS) is 14.3. The Morgan fingerprint density at radius 2 is 0.578 bits per heavy atom. The Labute approximate surface area is 706 Å². The van der Waals surface area contributed by atoms with Gasteiger partial charge in [0.15, 0.2) is 0 Å². The second kappa shape index (κ2) is 49.4. The molecule has 12 heteroatoms. The van der Waals surface area contributed by atoms with Crippen LogP contribution in [-0.2, 0) is 37.2 Å². The fourth-order valence-corrected chi connectivity index (χ4v) is 13.5. The number of hydrogen-bond acceptors (Lipinski definition) is 12. The van der Waals surface area contributed by atoms with Crippen molar-refractivity contribution in [2.24, 2.45) is 0 Å². The van der Waals surface area contributed by atoms with Crippen molar-refractivity contribution < 1.29 is 33.2 Å². The van der Waals surface area contributed by atoms with Gasteiger partial charge in [-0.3, -0.25) is 4.90 Å². The van der Waals surface area contributed by atoms with Gasteiger partial charge >= 0.3 is 0 Å². The minimum Gasteiger partial charge on any atom is -0.494 e. The van der Waals surface area contributed by atoms with Gasteiger partial charge in [0.05, 0.1) is 26.4 Å². The van der Waals surface area contributed by atoms with Crippen LogP contribution in [0.4, 0.5) is 0 Å². The summed E-state index contributed by atoms with van der Waals surface area (Å²) in [7, 11) is 5.85. The maximum atomic E-state index is 5.85. The summed E-state index contributed by atoms with van der Waals surface area (Å²) in [5.41, 5.74) is 9.38. The lowest BCUT2D eigenvalue weighted by molar-refractivity contribution is 0.165. The number of likely N-dealkylation sites (N-methyl/N-ethyl adjacent to an activating group) is 1. The van der Waals surface area contributed by atoms with E-state index in [9.17, 15) is 0 Å². The smallest absolute Gasteiger partial charge is 0.120 e. The van der Waals surface area contributed by atoms with Crippen LogP contribution in [0.15, 0.2) is 170 Å². The molecular weight excluding hydrogens is 1430 g/mol. The van der Waals surface area contributed by atoms with E-state index >= 15 is 0 Å². The van der Waals surface area contributed by atoms with Gasteiger partial charge in [0.2, 0.25) is 0 Å². The molecule has 0 atom stereocenters. The van der Waals surface area contributed by atoms with Crippen molar-refractivity contribution in [3.05, 3.63) is 203 Å². The first-order valence-electron chi connectivity index (χ1n) is 44.2. The van der Waals surface area contributed by atoms with Crippen molar-refractivity contribution in [3.63, 3.8) is 0 Å². The average Bonchev–Trinajstić information content (AvgIpc) is 0.851. The third-order valence-electron chi connectivity index (χ3n) is 21.5. The van der Waals surface area contributed by atoms with Gasteiger partial charge < -0.3 is 53.2 Å². The number of unbranched alkanes of at least 4 members (excludes halogenated alkanes) is 2. The molecule has 1 N–H and O–H groups in total. The lowest BCUT2D eigenvalue weighted by Gasteiger charge is -2.30. The summed E-state index contributed by atoms with van der Waals surface area (Å²) in [4.78, 5) is 9.64. The predicted molar refractivity (Wildman–Crippen MR) is 497 cm³/mol. The summed E-state index contributed by atoms with van der Waals surface area (Å²) >= 11 is 0. The van der Waals surface area contributed by atoms with Gasteiger partial charge in [0.25, 0.3) is 0 Å². The van der Waals surface area contributed by atoms with Gasteiger partial charge in [-0.1, -0.05) is 242 Å². The minimum atomic E-state index is 0.186. The molecule has 0 radical (unpaired) electrons. The zero-order valence-electron chi connectivity index (χ0n) is 77.1. The summed E-state index contributed by atoms with van der Waals surface area (Å²) in [6.45, 7) is 63.1. The largest absolute Gasteiger partial charge is 0.494 e. The third kappa shape index (κ3) is 38.7. The molecule has 3 saturated heterocycles. The first-order valence-corrected chi connectivity index (χ1v) is 44.2. The number of likely N-dealkylation sites (tertiary alicyclic amines) is 3. The molecule has 116 heavy (non-hydrogen) atoms. The van der Waals surface area contributed by atoms with E-state index in [1.54, 1.807) is 7.11 Å². The summed E-state index contributed by atoms with van der Waals surface area (Å²) in [5, 5.41) is 8.41. The molecule has 0 unspecified atom stereocenters. The van der Waals surface area contributed by atoms with Crippen molar-refractivity contribution in [1.82, 2.24) is 24.9 Å². The Bertz CT molecular complexity index is 3950. The quantitative estimate of drug-likeness (QED) is 0.0420. The van der Waals surface area contributed by atoms with Crippen LogP contribution in [0, 0.1) is 0 Å². The average molecular weight is 1590 g/mol. The van der Waals surface area contributed by atoms with E-state index < -0.39 is 0 Å². The van der Waals surface area contributed by atoms with E-state index in [-0.39, 0.29) is 32.5 Å². The standard InChI is InChI=1S/C20H28O2.C18H25NO.2C17H27NO.C16H25NO.C16H27NO/c1-20(2,3)18-10-8-17-15-19(11-9-16(17)14-18)22-13-7-5-6-12-21-4;1-18(2,3)16-8-6-15-13-17(9-7-14(15)12-16)20-11-10-19(4)5;1-17(2,3)15-7-9-16(10-8-15)19-14-6-13-18-11-4-5-12-18;1-17(2,3)15-7-9-16(10-8-15)19-14-13-18-11-5-4-6-12-18;1-16(2,3)14-6-8-15(9-7-14)18-13-5-12-17-10-4-11-17;1-13(2)17-11-6-12-18-15-9-7-14(8-10-15)16(3,4)5/h8-11,14-15H,5-7,12-13H2,1-4H3;6-9,12-13H,10-11H2,1-5H3;2*7-10H,4-6,11-14H2,1-3H3;6-9H,4-5,10-13H2,1-3H3;7-10,13,17H,6,11-12H2,1-5H3. The lowest BCUT2D eigenvalue weighted by Crippen LogP contribution is -2.38. The molecule has 8 aromatic carbocycles. The highest BCUT2D eigenvalue weighted by molar-refractivity contribution is 5.85. The molecule has 12 nitrogen and oxygen atoms in total. The number of methoxy groups -OCH3 is 1. The molecular formula is C104H159N5O7. The Kier molecular flexibility index (Phi) is 41.6. The monoisotopic (exact) mass is 1590 g/mol. The van der Waals surface area contributed by atoms with Crippen LogP contribution in [0.5, 0.6) is 34.5 Å². The van der Waals surface area contributed by atoms with E-state index in [1.807, 2.05) is 0 Å². The molecule has 0 amide bonds. The predicted octanol–water partition coefficient (Wildman–Crippen LogP) is 24.3. The van der Waals surface area contributed by atoms with E-state index in [1.165, 1.54) is 146 Å².